The molecule has 0 aromatic heterocycles. The summed E-state index contributed by atoms with van der Waals surface area (Å²) in [6.07, 6.45) is -4.07. The summed E-state index contributed by atoms with van der Waals surface area (Å²) in [6, 6.07) is 11.7. The van der Waals surface area contributed by atoms with Gasteiger partial charge in [0.25, 0.3) is 0 Å². The molecule has 1 fully saturated rings. The summed E-state index contributed by atoms with van der Waals surface area (Å²) >= 11 is 0. The van der Waals surface area contributed by atoms with E-state index in [2.05, 4.69) is 0 Å². The van der Waals surface area contributed by atoms with Crippen LogP contribution in [0.5, 0.6) is 0 Å². The van der Waals surface area contributed by atoms with Gasteiger partial charge in [0, 0.05) is 28.7 Å². The normalized spacial score (nSPS) is 25.4. The molecule has 1 amide bonds. The number of primary amides is 1. The molecule has 3 N–H and O–H groups in total. The number of aliphatic hydroxyl groups is 1. The van der Waals surface area contributed by atoms with Gasteiger partial charge in [0.1, 0.15) is 12.2 Å². The zero-order valence-electron chi connectivity index (χ0n) is 16.2. The highest BCUT2D eigenvalue weighted by Crippen LogP contribution is 2.29. The van der Waals surface area contributed by atoms with E-state index in [1.54, 1.807) is 49.4 Å². The highest BCUT2D eigenvalue weighted by Gasteiger charge is 2.38. The minimum atomic E-state index is -1.01. The SMILES string of the molecule is C[C@H]1OC(OCc2ccc3c(c2)C(=O)c2ccccc2C3=O)C[C@@H](OC(N)=O)[C@@H]1O. The van der Waals surface area contributed by atoms with Crippen LogP contribution < -0.4 is 5.73 Å². The highest BCUT2D eigenvalue weighted by atomic mass is 16.7. The lowest BCUT2D eigenvalue weighted by Gasteiger charge is -2.36. The summed E-state index contributed by atoms with van der Waals surface area (Å²) in [6.45, 7) is 1.74. The average molecular weight is 411 g/mol. The minimum Gasteiger partial charge on any atom is -0.443 e. The number of amides is 1. The van der Waals surface area contributed by atoms with Crippen molar-refractivity contribution < 1.29 is 33.7 Å². The van der Waals surface area contributed by atoms with Gasteiger partial charge in [-0.2, -0.15) is 0 Å². The molecule has 2 aliphatic rings. The van der Waals surface area contributed by atoms with E-state index in [0.717, 1.165) is 0 Å². The van der Waals surface area contributed by atoms with Gasteiger partial charge in [-0.25, -0.2) is 4.79 Å². The maximum absolute atomic E-state index is 12.8. The van der Waals surface area contributed by atoms with E-state index in [1.807, 2.05) is 0 Å². The van der Waals surface area contributed by atoms with Crippen LogP contribution in [0.4, 0.5) is 4.79 Å². The Kier molecular flexibility index (Phi) is 5.38. The number of carbonyl (C=O) groups excluding carboxylic acids is 3. The van der Waals surface area contributed by atoms with E-state index < -0.39 is 30.7 Å². The van der Waals surface area contributed by atoms with Crippen LogP contribution in [-0.4, -0.2) is 47.4 Å². The molecule has 0 radical (unpaired) electrons. The van der Waals surface area contributed by atoms with Crippen LogP contribution in [0.15, 0.2) is 42.5 Å². The van der Waals surface area contributed by atoms with E-state index in [0.29, 0.717) is 27.8 Å². The van der Waals surface area contributed by atoms with Crippen molar-refractivity contribution in [2.24, 2.45) is 5.73 Å². The molecule has 4 rings (SSSR count). The topological polar surface area (TPSA) is 125 Å². The van der Waals surface area contributed by atoms with E-state index in [4.69, 9.17) is 19.9 Å². The van der Waals surface area contributed by atoms with Crippen molar-refractivity contribution in [2.45, 2.75) is 44.6 Å². The quantitative estimate of drug-likeness (QED) is 0.672. The fourth-order valence-electron chi connectivity index (χ4n) is 3.81. The fourth-order valence-corrected chi connectivity index (χ4v) is 3.81. The Hall–Kier alpha value is -3.07. The van der Waals surface area contributed by atoms with Gasteiger partial charge in [-0.3, -0.25) is 9.59 Å². The lowest BCUT2D eigenvalue weighted by molar-refractivity contribution is -0.248. The molecule has 0 spiro atoms. The Morgan fingerprint density at radius 3 is 2.40 bits per heavy atom. The van der Waals surface area contributed by atoms with Gasteiger partial charge in [0.2, 0.25) is 0 Å². The first-order chi connectivity index (χ1) is 14.3. The number of hydrogen-bond donors (Lipinski definition) is 2. The molecule has 30 heavy (non-hydrogen) atoms. The second kappa shape index (κ2) is 7.98. The molecule has 0 bridgehead atoms. The van der Waals surface area contributed by atoms with E-state index in [-0.39, 0.29) is 24.6 Å². The standard InChI is InChI=1S/C22H21NO7/c1-11-19(24)17(30-22(23)27)9-18(29-11)28-10-12-6-7-15-16(8-12)21(26)14-5-3-2-4-13(14)20(15)25/h2-8,11,17-19,24H,9-10H2,1H3,(H2,23,27)/t11-,17-,18?,19-/m1/s1. The number of nitrogens with two attached hydrogens (primary N) is 1. The second-order valence-electron chi connectivity index (χ2n) is 7.37. The Morgan fingerprint density at radius 2 is 1.73 bits per heavy atom. The summed E-state index contributed by atoms with van der Waals surface area (Å²) < 4.78 is 16.3. The van der Waals surface area contributed by atoms with Gasteiger partial charge >= 0.3 is 6.09 Å². The van der Waals surface area contributed by atoms with Crippen LogP contribution >= 0.6 is 0 Å². The Bertz CT molecular complexity index is 1020. The smallest absolute Gasteiger partial charge is 0.404 e. The number of benzene rings is 2. The van der Waals surface area contributed by atoms with Crippen molar-refractivity contribution in [1.82, 2.24) is 0 Å². The lowest BCUT2D eigenvalue weighted by atomic mass is 9.83. The molecule has 1 heterocycles. The molecule has 0 saturated carbocycles. The van der Waals surface area contributed by atoms with E-state index in [9.17, 15) is 19.5 Å². The molecule has 156 valence electrons. The maximum Gasteiger partial charge on any atom is 0.404 e. The van der Waals surface area contributed by atoms with Crippen LogP contribution in [0.2, 0.25) is 0 Å². The number of ether oxygens (including phenoxy) is 3. The van der Waals surface area contributed by atoms with Crippen molar-refractivity contribution in [1.29, 1.82) is 0 Å². The Balaban J connectivity index is 1.48. The Labute approximate surface area is 172 Å². The molecule has 8 nitrogen and oxygen atoms in total. The van der Waals surface area contributed by atoms with Gasteiger partial charge in [-0.15, -0.1) is 0 Å². The highest BCUT2D eigenvalue weighted by molar-refractivity contribution is 6.28. The number of hydrogen-bond acceptors (Lipinski definition) is 7. The van der Waals surface area contributed by atoms with Crippen LogP contribution in [0.1, 0.15) is 50.8 Å². The fraction of sp³-hybridized carbons (Fsp3) is 0.318. The van der Waals surface area contributed by atoms with Crippen molar-refractivity contribution >= 4 is 17.7 Å². The molecule has 1 saturated heterocycles. The third-order valence-electron chi connectivity index (χ3n) is 5.35. The summed E-state index contributed by atoms with van der Waals surface area (Å²) in [7, 11) is 0. The monoisotopic (exact) mass is 411 g/mol. The molecule has 4 atom stereocenters. The first kappa shape index (κ1) is 20.2. The number of rotatable bonds is 4. The largest absolute Gasteiger partial charge is 0.443 e. The molecule has 8 heteroatoms. The van der Waals surface area contributed by atoms with E-state index >= 15 is 0 Å². The van der Waals surface area contributed by atoms with Gasteiger partial charge in [0.15, 0.2) is 17.9 Å². The first-order valence-corrected chi connectivity index (χ1v) is 9.57. The van der Waals surface area contributed by atoms with Crippen LogP contribution in [0, 0.1) is 0 Å². The molecule has 2 aromatic rings. The van der Waals surface area contributed by atoms with Crippen LogP contribution in [-0.2, 0) is 20.8 Å². The zero-order valence-corrected chi connectivity index (χ0v) is 16.2. The molecular weight excluding hydrogens is 390 g/mol. The molecule has 2 aromatic carbocycles. The third-order valence-corrected chi connectivity index (χ3v) is 5.35. The number of aliphatic hydroxyl groups excluding tert-OH is 1. The van der Waals surface area contributed by atoms with Gasteiger partial charge in [-0.1, -0.05) is 30.3 Å². The van der Waals surface area contributed by atoms with E-state index in [1.165, 1.54) is 0 Å². The van der Waals surface area contributed by atoms with Gasteiger partial charge in [0.05, 0.1) is 12.7 Å². The lowest BCUT2D eigenvalue weighted by Crippen LogP contribution is -2.49. The minimum absolute atomic E-state index is 0.104. The van der Waals surface area contributed by atoms with Crippen molar-refractivity contribution in [3.8, 4) is 0 Å². The average Bonchev–Trinajstić information content (AvgIpc) is 2.73. The Morgan fingerprint density at radius 1 is 1.10 bits per heavy atom. The predicted octanol–water partition coefficient (Wildman–Crippen LogP) is 1.94. The predicted molar refractivity (Wildman–Crippen MR) is 104 cm³/mol. The van der Waals surface area contributed by atoms with Crippen molar-refractivity contribution in [2.75, 3.05) is 0 Å². The molecule has 1 unspecified atom stereocenters. The second-order valence-corrected chi connectivity index (χ2v) is 7.37. The van der Waals surface area contributed by atoms with Gasteiger partial charge < -0.3 is 25.1 Å². The number of ketones is 2. The molecule has 1 aliphatic carbocycles. The summed E-state index contributed by atoms with van der Waals surface area (Å²) in [5, 5.41) is 10.1. The summed E-state index contributed by atoms with van der Waals surface area (Å²) in [4.78, 5) is 36.5. The maximum atomic E-state index is 12.8. The van der Waals surface area contributed by atoms with Crippen molar-refractivity contribution in [3.63, 3.8) is 0 Å². The van der Waals surface area contributed by atoms with Crippen LogP contribution in [0.3, 0.4) is 0 Å². The first-order valence-electron chi connectivity index (χ1n) is 9.57. The summed E-state index contributed by atoms with van der Waals surface area (Å²) in [5.41, 5.74) is 7.23. The molecular formula is C22H21NO7. The number of carbonyl (C=O) groups is 3. The van der Waals surface area contributed by atoms with Gasteiger partial charge in [-0.05, 0) is 24.6 Å². The third kappa shape index (κ3) is 3.72. The molecule has 1 aliphatic heterocycles. The van der Waals surface area contributed by atoms with Crippen molar-refractivity contribution in [3.05, 3.63) is 70.3 Å². The summed E-state index contributed by atoms with van der Waals surface area (Å²) in [5.74, 6) is -0.389. The number of fused-ring (bicyclic) bond motifs is 2. The van der Waals surface area contributed by atoms with Crippen LogP contribution in [0.25, 0.3) is 0 Å². The zero-order chi connectivity index (χ0) is 21.4.